The lowest BCUT2D eigenvalue weighted by atomic mass is 10.2. The zero-order valence-electron chi connectivity index (χ0n) is 6.48. The van der Waals surface area contributed by atoms with E-state index in [1.807, 2.05) is 0 Å². The molecule has 2 aromatic heterocycles. The fourth-order valence-electron chi connectivity index (χ4n) is 1.00. The van der Waals surface area contributed by atoms with Crippen LogP contribution in [0.1, 0.15) is 0 Å². The van der Waals surface area contributed by atoms with Gasteiger partial charge in [0.2, 0.25) is 0 Å². The summed E-state index contributed by atoms with van der Waals surface area (Å²) >= 11 is 15.5. The van der Waals surface area contributed by atoms with E-state index < -0.39 is 0 Å². The number of hydrogen-bond donors (Lipinski definition) is 0. The van der Waals surface area contributed by atoms with Gasteiger partial charge in [0.15, 0.2) is 0 Å². The van der Waals surface area contributed by atoms with Crippen molar-refractivity contribution < 1.29 is 0 Å². The molecule has 0 saturated heterocycles. The highest BCUT2D eigenvalue weighted by molar-refractivity contribution is 14.1. The third-order valence-electron chi connectivity index (χ3n) is 1.67. The largest absolute Gasteiger partial charge is 0.136 e. The molecular formula is C8H2Br2I2S2. The fraction of sp³-hybridized carbons (Fsp3) is 0. The van der Waals surface area contributed by atoms with Gasteiger partial charge in [-0.05, 0) is 77.0 Å². The lowest BCUT2D eigenvalue weighted by Gasteiger charge is -1.96. The molecule has 0 aliphatic heterocycles. The molecule has 2 rings (SSSR count). The molecule has 0 aromatic carbocycles. The Balaban J connectivity index is 2.60. The van der Waals surface area contributed by atoms with Crippen LogP contribution in [0.15, 0.2) is 19.7 Å². The van der Waals surface area contributed by atoms with Crippen LogP contribution in [0.2, 0.25) is 0 Å². The number of hydrogen-bond acceptors (Lipinski definition) is 2. The summed E-state index contributed by atoms with van der Waals surface area (Å²) in [7, 11) is 0. The van der Waals surface area contributed by atoms with Crippen LogP contribution in [-0.4, -0.2) is 0 Å². The molecule has 0 fully saturated rings. The summed E-state index contributed by atoms with van der Waals surface area (Å²) in [5.41, 5.74) is 2.57. The highest BCUT2D eigenvalue weighted by Gasteiger charge is 2.14. The Hall–Kier alpha value is 1.82. The molecule has 0 aliphatic carbocycles. The molecule has 0 aliphatic rings. The van der Waals surface area contributed by atoms with Gasteiger partial charge in [0, 0.05) is 30.8 Å². The van der Waals surface area contributed by atoms with E-state index in [0.29, 0.717) is 0 Å². The molecular weight excluding hydrogens is 574 g/mol. The van der Waals surface area contributed by atoms with Crippen LogP contribution >= 0.6 is 99.7 Å². The van der Waals surface area contributed by atoms with E-state index in [0.717, 1.165) is 0 Å². The Labute approximate surface area is 134 Å². The molecule has 0 N–H and O–H groups in total. The van der Waals surface area contributed by atoms with Gasteiger partial charge in [0.05, 0.1) is 5.77 Å². The average Bonchev–Trinajstić information content (AvgIpc) is 2.63. The van der Waals surface area contributed by atoms with Crippen molar-refractivity contribution >= 4 is 99.7 Å². The summed E-state index contributed by atoms with van der Waals surface area (Å²) in [6.45, 7) is 0. The van der Waals surface area contributed by atoms with Crippen molar-refractivity contribution in [3.63, 3.8) is 0 Å². The van der Waals surface area contributed by atoms with Crippen molar-refractivity contribution in [3.05, 3.63) is 25.5 Å². The number of rotatable bonds is 1. The van der Waals surface area contributed by atoms with Gasteiger partial charge in [-0.25, -0.2) is 0 Å². The fourth-order valence-corrected chi connectivity index (χ4v) is 5.23. The van der Waals surface area contributed by atoms with Crippen LogP contribution < -0.4 is 0 Å². The highest BCUT2D eigenvalue weighted by atomic mass is 127. The molecule has 2 aromatic rings. The van der Waals surface area contributed by atoms with Crippen LogP contribution in [0, 0.1) is 5.77 Å². The maximum Gasteiger partial charge on any atom is 0.0801 e. The van der Waals surface area contributed by atoms with Crippen LogP contribution in [-0.2, 0) is 0 Å². The molecule has 0 bridgehead atoms. The minimum atomic E-state index is 1.21. The third-order valence-corrected chi connectivity index (χ3v) is 9.46. The third kappa shape index (κ3) is 2.24. The van der Waals surface area contributed by atoms with E-state index in [4.69, 9.17) is 0 Å². The molecule has 0 saturated carbocycles. The minimum Gasteiger partial charge on any atom is -0.136 e. The highest BCUT2D eigenvalue weighted by Crippen LogP contribution is 2.43. The monoisotopic (exact) mass is 574 g/mol. The second kappa shape index (κ2) is 4.99. The van der Waals surface area contributed by atoms with Crippen molar-refractivity contribution in [2.24, 2.45) is 0 Å². The SMILES string of the molecule is Brc1c(-c2csc(I)c2Br)csc1I. The van der Waals surface area contributed by atoms with Crippen molar-refractivity contribution in [2.75, 3.05) is 0 Å². The standard InChI is InChI=1S/C8H2Br2I2S2/c9-5-3(1-13-7(5)11)4-2-14-8(12)6(4)10/h1-2H. The number of halogens is 4. The van der Waals surface area contributed by atoms with E-state index in [9.17, 15) is 0 Å². The van der Waals surface area contributed by atoms with E-state index in [1.165, 1.54) is 25.8 Å². The molecule has 0 amide bonds. The van der Waals surface area contributed by atoms with Gasteiger partial charge in [-0.1, -0.05) is 0 Å². The van der Waals surface area contributed by atoms with Crippen molar-refractivity contribution in [1.82, 2.24) is 0 Å². The van der Waals surface area contributed by atoms with Crippen molar-refractivity contribution in [3.8, 4) is 11.1 Å². The van der Waals surface area contributed by atoms with Gasteiger partial charge in [-0.3, -0.25) is 0 Å². The van der Waals surface area contributed by atoms with E-state index in [1.54, 1.807) is 22.7 Å². The summed E-state index contributed by atoms with van der Waals surface area (Å²) in [6.07, 6.45) is 0. The summed E-state index contributed by atoms with van der Waals surface area (Å²) < 4.78 is 5.01. The Bertz CT molecular complexity index is 431. The Morgan fingerprint density at radius 2 is 1.21 bits per heavy atom. The van der Waals surface area contributed by atoms with E-state index >= 15 is 0 Å². The Morgan fingerprint density at radius 1 is 0.857 bits per heavy atom. The molecule has 0 atom stereocenters. The molecule has 0 radical (unpaired) electrons. The number of thiophene rings is 2. The van der Waals surface area contributed by atoms with Gasteiger partial charge in [0.25, 0.3) is 0 Å². The normalized spacial score (nSPS) is 10.9. The van der Waals surface area contributed by atoms with E-state index in [2.05, 4.69) is 87.8 Å². The van der Waals surface area contributed by atoms with Crippen LogP contribution in [0.4, 0.5) is 0 Å². The minimum absolute atomic E-state index is 1.21. The van der Waals surface area contributed by atoms with E-state index in [-0.39, 0.29) is 0 Å². The van der Waals surface area contributed by atoms with Crippen molar-refractivity contribution in [2.45, 2.75) is 0 Å². The van der Waals surface area contributed by atoms with Gasteiger partial charge in [-0.15, -0.1) is 22.7 Å². The average molecular weight is 576 g/mol. The molecule has 0 spiro atoms. The summed E-state index contributed by atoms with van der Waals surface area (Å²) in [5.74, 6) is 0. The van der Waals surface area contributed by atoms with Crippen molar-refractivity contribution in [1.29, 1.82) is 0 Å². The first kappa shape index (κ1) is 12.3. The topological polar surface area (TPSA) is 0 Å². The Kier molecular flexibility index (Phi) is 4.38. The maximum atomic E-state index is 3.61. The predicted molar refractivity (Wildman–Crippen MR) is 88.5 cm³/mol. The van der Waals surface area contributed by atoms with Crippen LogP contribution in [0.25, 0.3) is 11.1 Å². The Morgan fingerprint density at radius 3 is 1.43 bits per heavy atom. The zero-order valence-corrected chi connectivity index (χ0v) is 15.6. The zero-order chi connectivity index (χ0) is 10.3. The molecule has 14 heavy (non-hydrogen) atoms. The quantitative estimate of drug-likeness (QED) is 0.355. The summed E-state index contributed by atoms with van der Waals surface area (Å²) in [4.78, 5) is 0. The molecule has 0 unspecified atom stereocenters. The lowest BCUT2D eigenvalue weighted by Crippen LogP contribution is -1.72. The molecule has 2 heterocycles. The first-order valence-corrected chi connectivity index (χ1v) is 8.97. The smallest absolute Gasteiger partial charge is 0.0801 e. The first-order valence-electron chi connectivity index (χ1n) is 3.46. The lowest BCUT2D eigenvalue weighted by molar-refractivity contribution is 1.70. The van der Waals surface area contributed by atoms with Gasteiger partial charge >= 0.3 is 0 Å². The predicted octanol–water partition coefficient (Wildman–Crippen LogP) is 6.21. The second-order valence-electron chi connectivity index (χ2n) is 2.47. The molecule has 6 heteroatoms. The van der Waals surface area contributed by atoms with Gasteiger partial charge in [0.1, 0.15) is 0 Å². The molecule has 0 nitrogen and oxygen atoms in total. The first-order chi connectivity index (χ1) is 6.61. The van der Waals surface area contributed by atoms with Crippen LogP contribution in [0.3, 0.4) is 0 Å². The van der Waals surface area contributed by atoms with Gasteiger partial charge < -0.3 is 0 Å². The second-order valence-corrected chi connectivity index (χ2v) is 9.44. The molecule has 74 valence electrons. The van der Waals surface area contributed by atoms with Gasteiger partial charge in [-0.2, -0.15) is 0 Å². The summed E-state index contributed by atoms with van der Waals surface area (Å²) in [6, 6.07) is 0. The van der Waals surface area contributed by atoms with Crippen LogP contribution in [0.5, 0.6) is 0 Å². The maximum absolute atomic E-state index is 3.61. The summed E-state index contributed by atoms with van der Waals surface area (Å²) in [5, 5.41) is 4.38.